The van der Waals surface area contributed by atoms with Gasteiger partial charge in [0.05, 0.1) is 0 Å². The molecular formula is C18H31Cl2N5O. The molecule has 3 aliphatic heterocycles. The van der Waals surface area contributed by atoms with Gasteiger partial charge in [-0.1, -0.05) is 6.42 Å². The molecule has 1 aromatic heterocycles. The molecule has 4 heterocycles. The second kappa shape index (κ2) is 8.91. The minimum atomic E-state index is -0.521. The van der Waals surface area contributed by atoms with Gasteiger partial charge in [-0.05, 0) is 64.7 Å². The molecule has 26 heavy (non-hydrogen) atoms. The summed E-state index contributed by atoms with van der Waals surface area (Å²) in [5, 5.41) is 11.2. The second-order valence-corrected chi connectivity index (χ2v) is 7.78. The van der Waals surface area contributed by atoms with Crippen LogP contribution in [0.15, 0.2) is 18.5 Å². The first-order valence-electron chi connectivity index (χ1n) is 9.43. The van der Waals surface area contributed by atoms with Gasteiger partial charge in [-0.2, -0.15) is 5.10 Å². The van der Waals surface area contributed by atoms with Gasteiger partial charge in [0, 0.05) is 30.5 Å². The highest BCUT2D eigenvalue weighted by atomic mass is 35.5. The highest BCUT2D eigenvalue weighted by molar-refractivity contribution is 5.86. The molecule has 2 unspecified atom stereocenters. The van der Waals surface area contributed by atoms with Crippen LogP contribution in [0.5, 0.6) is 0 Å². The van der Waals surface area contributed by atoms with Gasteiger partial charge in [-0.3, -0.25) is 9.48 Å². The van der Waals surface area contributed by atoms with Crippen LogP contribution in [0, 0.1) is 0 Å². The number of nitrogens with zero attached hydrogens (tertiary/aromatic N) is 3. The van der Waals surface area contributed by atoms with Crippen molar-refractivity contribution in [2.75, 3.05) is 20.1 Å². The van der Waals surface area contributed by atoms with E-state index in [1.165, 1.54) is 19.3 Å². The number of carbonyl (C=O) groups is 1. The fourth-order valence-electron chi connectivity index (χ4n) is 4.98. The predicted molar refractivity (Wildman–Crippen MR) is 107 cm³/mol. The summed E-state index contributed by atoms with van der Waals surface area (Å²) in [6, 6.07) is 3.50. The minimum Gasteiger partial charge on any atom is -0.351 e. The molecule has 2 N–H and O–H groups in total. The van der Waals surface area contributed by atoms with Gasteiger partial charge in [-0.15, -0.1) is 24.8 Å². The first kappa shape index (κ1) is 21.5. The monoisotopic (exact) mass is 403 g/mol. The molecule has 0 spiro atoms. The van der Waals surface area contributed by atoms with Gasteiger partial charge < -0.3 is 15.5 Å². The quantitative estimate of drug-likeness (QED) is 0.809. The number of hydrogen-bond donors (Lipinski definition) is 2. The standard InChI is InChI=1S/C18H29N5O.2ClH/c1-22-15-4-2-5-16(22)13-14(12-15)21-17(24)18(6-9-19-10-7-18)23-11-3-8-20-23;;/h3,8,11,14-16,19H,2,4-7,9-10,12-13H2,1H3,(H,21,24);2*1H. The van der Waals surface area contributed by atoms with Crippen LogP contribution in [0.4, 0.5) is 0 Å². The van der Waals surface area contributed by atoms with E-state index in [9.17, 15) is 4.79 Å². The topological polar surface area (TPSA) is 62.2 Å². The molecule has 1 aromatic rings. The van der Waals surface area contributed by atoms with Crippen molar-refractivity contribution in [2.45, 2.75) is 68.6 Å². The molecule has 3 aliphatic rings. The molecule has 0 radical (unpaired) electrons. The number of halogens is 2. The Bertz CT molecular complexity index is 562. The van der Waals surface area contributed by atoms with Crippen molar-refractivity contribution < 1.29 is 4.79 Å². The zero-order chi connectivity index (χ0) is 16.6. The maximum Gasteiger partial charge on any atom is 0.248 e. The van der Waals surface area contributed by atoms with Crippen molar-refractivity contribution >= 4 is 30.7 Å². The number of carbonyl (C=O) groups excluding carboxylic acids is 1. The zero-order valence-corrected chi connectivity index (χ0v) is 17.0. The van der Waals surface area contributed by atoms with Crippen molar-refractivity contribution in [3.8, 4) is 0 Å². The summed E-state index contributed by atoms with van der Waals surface area (Å²) in [5.41, 5.74) is -0.521. The SMILES string of the molecule is CN1C2CCCC1CC(NC(=O)C1(n3cccn3)CCNCC1)C2.Cl.Cl. The Morgan fingerprint density at radius 3 is 2.42 bits per heavy atom. The molecule has 1 amide bonds. The van der Waals surface area contributed by atoms with Crippen molar-refractivity contribution in [1.29, 1.82) is 0 Å². The Balaban J connectivity index is 0.00000121. The second-order valence-electron chi connectivity index (χ2n) is 7.78. The highest BCUT2D eigenvalue weighted by Crippen LogP contribution is 2.34. The van der Waals surface area contributed by atoms with E-state index in [1.807, 2.05) is 16.9 Å². The largest absolute Gasteiger partial charge is 0.351 e. The molecule has 4 rings (SSSR count). The number of fused-ring (bicyclic) bond motifs is 2. The van der Waals surface area contributed by atoms with Crippen molar-refractivity contribution in [2.24, 2.45) is 0 Å². The van der Waals surface area contributed by atoms with Crippen molar-refractivity contribution in [3.63, 3.8) is 0 Å². The lowest BCUT2D eigenvalue weighted by Crippen LogP contribution is -2.60. The number of nitrogens with one attached hydrogen (secondary N) is 2. The normalized spacial score (nSPS) is 30.6. The Morgan fingerprint density at radius 2 is 1.85 bits per heavy atom. The summed E-state index contributed by atoms with van der Waals surface area (Å²) in [4.78, 5) is 15.8. The fourth-order valence-corrected chi connectivity index (χ4v) is 4.98. The molecule has 0 saturated carbocycles. The third kappa shape index (κ3) is 3.88. The lowest BCUT2D eigenvalue weighted by molar-refractivity contribution is -0.133. The molecule has 0 aromatic carbocycles. The van der Waals surface area contributed by atoms with Gasteiger partial charge >= 0.3 is 0 Å². The molecular weight excluding hydrogens is 373 g/mol. The van der Waals surface area contributed by atoms with E-state index in [1.54, 1.807) is 6.20 Å². The van der Waals surface area contributed by atoms with Crippen LogP contribution in [-0.2, 0) is 10.3 Å². The van der Waals surface area contributed by atoms with Gasteiger partial charge in [0.2, 0.25) is 5.91 Å². The summed E-state index contributed by atoms with van der Waals surface area (Å²) in [6.45, 7) is 1.73. The maximum absolute atomic E-state index is 13.3. The zero-order valence-electron chi connectivity index (χ0n) is 15.4. The van der Waals surface area contributed by atoms with Gasteiger partial charge in [0.25, 0.3) is 0 Å². The number of piperidine rings is 3. The smallest absolute Gasteiger partial charge is 0.248 e. The lowest BCUT2D eigenvalue weighted by Gasteiger charge is -2.48. The first-order chi connectivity index (χ1) is 11.7. The molecule has 8 heteroatoms. The Morgan fingerprint density at radius 1 is 1.19 bits per heavy atom. The number of rotatable bonds is 3. The van der Waals surface area contributed by atoms with E-state index >= 15 is 0 Å². The highest BCUT2D eigenvalue weighted by Gasteiger charge is 2.44. The third-order valence-electron chi connectivity index (χ3n) is 6.47. The molecule has 2 atom stereocenters. The Hall–Kier alpha value is -0.820. The fraction of sp³-hybridized carbons (Fsp3) is 0.778. The van der Waals surface area contributed by atoms with Crippen molar-refractivity contribution in [1.82, 2.24) is 25.3 Å². The van der Waals surface area contributed by atoms with E-state index in [-0.39, 0.29) is 30.7 Å². The van der Waals surface area contributed by atoms with E-state index < -0.39 is 5.54 Å². The molecule has 148 valence electrons. The van der Waals surface area contributed by atoms with E-state index in [0.717, 1.165) is 38.8 Å². The Labute approximate surface area is 168 Å². The summed E-state index contributed by atoms with van der Waals surface area (Å²) < 4.78 is 1.89. The van der Waals surface area contributed by atoms with E-state index in [2.05, 4.69) is 27.7 Å². The molecule has 0 aliphatic carbocycles. The van der Waals surface area contributed by atoms with Crippen LogP contribution in [0.25, 0.3) is 0 Å². The maximum atomic E-state index is 13.3. The van der Waals surface area contributed by atoms with E-state index in [0.29, 0.717) is 18.1 Å². The minimum absolute atomic E-state index is 0. The van der Waals surface area contributed by atoms with Crippen molar-refractivity contribution in [3.05, 3.63) is 18.5 Å². The number of hydrogen-bond acceptors (Lipinski definition) is 4. The summed E-state index contributed by atoms with van der Waals surface area (Å²) in [6.07, 6.45) is 11.4. The molecule has 2 bridgehead atoms. The summed E-state index contributed by atoms with van der Waals surface area (Å²) >= 11 is 0. The van der Waals surface area contributed by atoms with Crippen LogP contribution in [0.3, 0.4) is 0 Å². The summed E-state index contributed by atoms with van der Waals surface area (Å²) in [7, 11) is 2.25. The lowest BCUT2D eigenvalue weighted by atomic mass is 9.81. The van der Waals surface area contributed by atoms with Gasteiger partial charge in [0.1, 0.15) is 5.54 Å². The predicted octanol–water partition coefficient (Wildman–Crippen LogP) is 1.94. The first-order valence-corrected chi connectivity index (χ1v) is 9.43. The van der Waals surface area contributed by atoms with Crippen LogP contribution >= 0.6 is 24.8 Å². The van der Waals surface area contributed by atoms with Crippen LogP contribution in [0.2, 0.25) is 0 Å². The van der Waals surface area contributed by atoms with Crippen LogP contribution < -0.4 is 10.6 Å². The average molecular weight is 404 g/mol. The van der Waals surface area contributed by atoms with Gasteiger partial charge in [-0.25, -0.2) is 0 Å². The van der Waals surface area contributed by atoms with Gasteiger partial charge in [0.15, 0.2) is 0 Å². The molecule has 3 saturated heterocycles. The number of aromatic nitrogens is 2. The van der Waals surface area contributed by atoms with Crippen LogP contribution in [-0.4, -0.2) is 58.9 Å². The number of amides is 1. The average Bonchev–Trinajstić information content (AvgIpc) is 3.11. The molecule has 3 fully saturated rings. The summed E-state index contributed by atoms with van der Waals surface area (Å²) in [5.74, 6) is 0.167. The van der Waals surface area contributed by atoms with E-state index in [4.69, 9.17) is 0 Å². The Kier molecular flexibility index (Phi) is 7.36. The van der Waals surface area contributed by atoms with Crippen LogP contribution in [0.1, 0.15) is 44.9 Å². The third-order valence-corrected chi connectivity index (χ3v) is 6.47. The molecule has 6 nitrogen and oxygen atoms in total.